The Morgan fingerprint density at radius 3 is 1.96 bits per heavy atom. The first-order valence-corrected chi connectivity index (χ1v) is 6.61. The quantitative estimate of drug-likeness (QED) is 0.331. The molecule has 0 bridgehead atoms. The van der Waals surface area contributed by atoms with Gasteiger partial charge in [0.2, 0.25) is 0 Å². The van der Waals surface area contributed by atoms with Crippen LogP contribution in [0.3, 0.4) is 0 Å². The third-order valence-electron chi connectivity index (χ3n) is 2.93. The predicted molar refractivity (Wildman–Crippen MR) is 79.0 cm³/mol. The van der Waals surface area contributed by atoms with Crippen LogP contribution in [-0.4, -0.2) is 65.4 Å². The molecular formula is C14H17NO10. The zero-order valence-electron chi connectivity index (χ0n) is 13.0. The van der Waals surface area contributed by atoms with E-state index in [0.29, 0.717) is 17.5 Å². The first-order chi connectivity index (χ1) is 11.5. The van der Waals surface area contributed by atoms with Crippen LogP contribution in [-0.2, 0) is 21.0 Å². The Labute approximate surface area is 140 Å². The molecule has 1 aromatic rings. The number of aromatic hydroxyl groups is 1. The molecular weight excluding hydrogens is 342 g/mol. The summed E-state index contributed by atoms with van der Waals surface area (Å²) in [6, 6.07) is 0. The van der Waals surface area contributed by atoms with Gasteiger partial charge in [-0.2, -0.15) is 0 Å². The fourth-order valence-corrected chi connectivity index (χ4v) is 1.62. The molecule has 0 unspecified atom stereocenters. The number of carboxylic acids is 3. The Hall–Kier alpha value is -3.05. The second-order valence-electron chi connectivity index (χ2n) is 4.88. The van der Waals surface area contributed by atoms with Crippen molar-refractivity contribution < 1.29 is 49.8 Å². The molecule has 0 aliphatic rings. The maximum atomic E-state index is 10.5. The summed E-state index contributed by atoms with van der Waals surface area (Å²) >= 11 is 0. The van der Waals surface area contributed by atoms with E-state index in [4.69, 9.17) is 25.5 Å². The monoisotopic (exact) mass is 359 g/mol. The molecule has 0 radical (unpaired) electrons. The minimum atomic E-state index is -2.74. The first-order valence-electron chi connectivity index (χ1n) is 6.61. The van der Waals surface area contributed by atoms with Crippen molar-refractivity contribution in [3.63, 3.8) is 0 Å². The maximum absolute atomic E-state index is 10.5. The van der Waals surface area contributed by atoms with Crippen LogP contribution in [0.4, 0.5) is 0 Å². The van der Waals surface area contributed by atoms with Gasteiger partial charge in [0.1, 0.15) is 5.75 Å². The number of pyridine rings is 1. The van der Waals surface area contributed by atoms with E-state index in [2.05, 4.69) is 4.98 Å². The van der Waals surface area contributed by atoms with E-state index in [9.17, 15) is 24.3 Å². The third kappa shape index (κ3) is 6.53. The zero-order valence-corrected chi connectivity index (χ0v) is 13.0. The maximum Gasteiger partial charge on any atom is 0.336 e. The van der Waals surface area contributed by atoms with Gasteiger partial charge in [-0.1, -0.05) is 0 Å². The van der Waals surface area contributed by atoms with Gasteiger partial charge in [0.15, 0.2) is 11.9 Å². The van der Waals surface area contributed by atoms with Crippen molar-refractivity contribution in [3.05, 3.63) is 23.0 Å². The SMILES string of the molecule is Cc1ncc(CO)c(C=O)c1O.O=C(O)CC(O)(CC(=O)O)C(=O)O. The van der Waals surface area contributed by atoms with Gasteiger partial charge in [-0.15, -0.1) is 0 Å². The lowest BCUT2D eigenvalue weighted by Gasteiger charge is -2.18. The number of carboxylic acid groups (broad SMARTS) is 3. The molecule has 1 heterocycles. The Balaban J connectivity index is 0.000000462. The van der Waals surface area contributed by atoms with Crippen LogP contribution in [0.25, 0.3) is 0 Å². The van der Waals surface area contributed by atoms with Gasteiger partial charge < -0.3 is 30.6 Å². The van der Waals surface area contributed by atoms with Crippen LogP contribution in [0.2, 0.25) is 0 Å². The smallest absolute Gasteiger partial charge is 0.336 e. The number of aliphatic hydroxyl groups is 2. The molecule has 6 N–H and O–H groups in total. The van der Waals surface area contributed by atoms with Gasteiger partial charge in [0.25, 0.3) is 0 Å². The number of hydrogen-bond acceptors (Lipinski definition) is 8. The van der Waals surface area contributed by atoms with Crippen LogP contribution in [0.1, 0.15) is 34.5 Å². The highest BCUT2D eigenvalue weighted by Gasteiger charge is 2.40. The van der Waals surface area contributed by atoms with Crippen molar-refractivity contribution in [2.45, 2.75) is 32.0 Å². The van der Waals surface area contributed by atoms with E-state index in [1.54, 1.807) is 6.92 Å². The molecule has 0 aliphatic heterocycles. The second-order valence-corrected chi connectivity index (χ2v) is 4.88. The molecule has 0 spiro atoms. The van der Waals surface area contributed by atoms with E-state index < -0.39 is 36.4 Å². The number of aliphatic hydroxyl groups excluding tert-OH is 1. The number of rotatable bonds is 7. The summed E-state index contributed by atoms with van der Waals surface area (Å²) in [5.41, 5.74) is -1.90. The fraction of sp³-hybridized carbons (Fsp3) is 0.357. The number of nitrogens with zero attached hydrogens (tertiary/aromatic N) is 1. The number of hydrogen-bond donors (Lipinski definition) is 6. The van der Waals surface area contributed by atoms with E-state index in [0.717, 1.165) is 0 Å². The third-order valence-corrected chi connectivity index (χ3v) is 2.93. The largest absolute Gasteiger partial charge is 0.505 e. The van der Waals surface area contributed by atoms with Crippen LogP contribution in [0.15, 0.2) is 6.20 Å². The summed E-state index contributed by atoms with van der Waals surface area (Å²) in [7, 11) is 0. The van der Waals surface area contributed by atoms with E-state index in [1.165, 1.54) is 6.20 Å². The minimum absolute atomic E-state index is 0.116. The summed E-state index contributed by atoms with van der Waals surface area (Å²) in [6.45, 7) is 1.29. The Kier molecular flexibility index (Phi) is 8.16. The molecule has 0 aliphatic carbocycles. The number of aliphatic carboxylic acids is 3. The summed E-state index contributed by atoms with van der Waals surface area (Å²) in [6.07, 6.45) is -0.405. The van der Waals surface area contributed by atoms with Gasteiger partial charge in [0.05, 0.1) is 30.7 Å². The van der Waals surface area contributed by atoms with E-state index in [-0.39, 0.29) is 17.9 Å². The number of aromatic nitrogens is 1. The van der Waals surface area contributed by atoms with E-state index in [1.807, 2.05) is 0 Å². The summed E-state index contributed by atoms with van der Waals surface area (Å²) in [5.74, 6) is -5.17. The molecule has 0 saturated heterocycles. The van der Waals surface area contributed by atoms with Gasteiger partial charge in [0, 0.05) is 11.8 Å². The molecule has 0 amide bonds. The van der Waals surface area contributed by atoms with Crippen LogP contribution in [0, 0.1) is 6.92 Å². The lowest BCUT2D eigenvalue weighted by atomic mass is 9.96. The number of carbonyl (C=O) groups excluding carboxylic acids is 1. The average molecular weight is 359 g/mol. The number of carbonyl (C=O) groups is 4. The highest BCUT2D eigenvalue weighted by Crippen LogP contribution is 2.21. The summed E-state index contributed by atoms with van der Waals surface area (Å²) in [5, 5.41) is 51.9. The normalized spacial score (nSPS) is 10.4. The van der Waals surface area contributed by atoms with Gasteiger partial charge in [-0.3, -0.25) is 19.4 Å². The Bertz CT molecular complexity index is 654. The summed E-state index contributed by atoms with van der Waals surface area (Å²) in [4.78, 5) is 44.7. The van der Waals surface area contributed by atoms with E-state index >= 15 is 0 Å². The van der Waals surface area contributed by atoms with Gasteiger partial charge >= 0.3 is 17.9 Å². The molecule has 1 rings (SSSR count). The van der Waals surface area contributed by atoms with Crippen LogP contribution in [0.5, 0.6) is 5.75 Å². The minimum Gasteiger partial charge on any atom is -0.505 e. The Morgan fingerprint density at radius 1 is 1.16 bits per heavy atom. The lowest BCUT2D eigenvalue weighted by molar-refractivity contribution is -0.170. The average Bonchev–Trinajstić information content (AvgIpc) is 2.48. The first kappa shape index (κ1) is 21.9. The molecule has 25 heavy (non-hydrogen) atoms. The molecule has 11 nitrogen and oxygen atoms in total. The Morgan fingerprint density at radius 2 is 1.64 bits per heavy atom. The molecule has 1 aromatic heterocycles. The molecule has 138 valence electrons. The predicted octanol–water partition coefficient (Wildman–Crippen LogP) is -0.848. The van der Waals surface area contributed by atoms with Crippen molar-refractivity contribution in [3.8, 4) is 5.75 Å². The lowest BCUT2D eigenvalue weighted by Crippen LogP contribution is -2.42. The fourth-order valence-electron chi connectivity index (χ4n) is 1.62. The van der Waals surface area contributed by atoms with Gasteiger partial charge in [-0.25, -0.2) is 4.79 Å². The molecule has 11 heteroatoms. The van der Waals surface area contributed by atoms with Crippen LogP contribution < -0.4 is 0 Å². The number of aryl methyl sites for hydroxylation is 1. The van der Waals surface area contributed by atoms with Gasteiger partial charge in [-0.05, 0) is 6.92 Å². The standard InChI is InChI=1S/C8H9NO3.C6H8O7/c1-5-8(12)7(4-11)6(3-10)2-9-5;7-3(8)1-6(13,5(11)12)2-4(9)10/h2,4,10,12H,3H2,1H3;13H,1-2H2,(H,7,8)(H,9,10)(H,11,12). The number of aldehydes is 1. The highest BCUT2D eigenvalue weighted by atomic mass is 16.4. The second kappa shape index (κ2) is 9.30. The molecule has 0 aromatic carbocycles. The van der Waals surface area contributed by atoms with Crippen molar-refractivity contribution in [2.24, 2.45) is 0 Å². The highest BCUT2D eigenvalue weighted by molar-refractivity contribution is 5.88. The molecule has 0 atom stereocenters. The van der Waals surface area contributed by atoms with Crippen molar-refractivity contribution >= 4 is 24.2 Å². The van der Waals surface area contributed by atoms with Crippen LogP contribution >= 0.6 is 0 Å². The summed E-state index contributed by atoms with van der Waals surface area (Å²) < 4.78 is 0. The van der Waals surface area contributed by atoms with Crippen molar-refractivity contribution in [1.82, 2.24) is 4.98 Å². The molecule has 0 saturated carbocycles. The zero-order chi connectivity index (χ0) is 19.8. The topological polar surface area (TPSA) is 203 Å². The van der Waals surface area contributed by atoms with Crippen molar-refractivity contribution in [2.75, 3.05) is 0 Å². The molecule has 0 fully saturated rings. The van der Waals surface area contributed by atoms with Crippen molar-refractivity contribution in [1.29, 1.82) is 0 Å².